The van der Waals surface area contributed by atoms with Crippen molar-refractivity contribution in [2.24, 2.45) is 0 Å². The molecule has 0 saturated carbocycles. The van der Waals surface area contributed by atoms with Gasteiger partial charge in [0.2, 0.25) is 0 Å². The van der Waals surface area contributed by atoms with Crippen molar-refractivity contribution in [3.63, 3.8) is 0 Å². The number of carbonyl (C=O) groups is 1. The minimum Gasteiger partial charge on any atom is -0.477 e. The van der Waals surface area contributed by atoms with Gasteiger partial charge in [0.05, 0.1) is 18.9 Å². The molecule has 1 aliphatic heterocycles. The lowest BCUT2D eigenvalue weighted by atomic mass is 10.0. The normalized spacial score (nSPS) is 14.1. The van der Waals surface area contributed by atoms with Gasteiger partial charge in [-0.25, -0.2) is 14.8 Å². The van der Waals surface area contributed by atoms with Gasteiger partial charge in [0.25, 0.3) is 0 Å². The Morgan fingerprint density at radius 2 is 1.48 bits per heavy atom. The second kappa shape index (κ2) is 7.55. The first-order valence-electron chi connectivity index (χ1n) is 8.83. The highest BCUT2D eigenvalue weighted by Gasteiger charge is 2.26. The molecule has 0 aliphatic carbocycles. The smallest absolute Gasteiger partial charge is 0.341 e. The van der Waals surface area contributed by atoms with Crippen LogP contribution in [0.3, 0.4) is 0 Å². The molecule has 3 aromatic rings. The zero-order valence-electron chi connectivity index (χ0n) is 14.7. The second-order valence-corrected chi connectivity index (χ2v) is 6.23. The van der Waals surface area contributed by atoms with E-state index in [1.807, 2.05) is 65.6 Å². The van der Waals surface area contributed by atoms with E-state index in [2.05, 4.69) is 9.97 Å². The quantitative estimate of drug-likeness (QED) is 0.768. The van der Waals surface area contributed by atoms with Crippen LogP contribution in [-0.2, 0) is 4.74 Å². The van der Waals surface area contributed by atoms with Crippen LogP contribution in [0.4, 0.5) is 5.82 Å². The van der Waals surface area contributed by atoms with E-state index < -0.39 is 5.97 Å². The van der Waals surface area contributed by atoms with E-state index >= 15 is 0 Å². The number of rotatable bonds is 4. The van der Waals surface area contributed by atoms with Crippen molar-refractivity contribution in [3.05, 3.63) is 66.2 Å². The van der Waals surface area contributed by atoms with Crippen LogP contribution in [0.15, 0.2) is 60.7 Å². The Bertz CT molecular complexity index is 940. The molecule has 1 saturated heterocycles. The molecule has 6 heteroatoms. The van der Waals surface area contributed by atoms with Crippen molar-refractivity contribution in [2.45, 2.75) is 0 Å². The maximum absolute atomic E-state index is 12.2. The van der Waals surface area contributed by atoms with E-state index in [9.17, 15) is 9.90 Å². The molecule has 4 rings (SSSR count). The molecule has 0 bridgehead atoms. The summed E-state index contributed by atoms with van der Waals surface area (Å²) in [4.78, 5) is 23.4. The number of benzene rings is 2. The van der Waals surface area contributed by atoms with E-state index in [1.54, 1.807) is 0 Å². The van der Waals surface area contributed by atoms with Gasteiger partial charge in [-0.3, -0.25) is 0 Å². The number of morpholine rings is 1. The molecule has 1 aromatic heterocycles. The van der Waals surface area contributed by atoms with Gasteiger partial charge in [-0.2, -0.15) is 0 Å². The van der Waals surface area contributed by atoms with E-state index in [0.717, 1.165) is 11.1 Å². The fourth-order valence-electron chi connectivity index (χ4n) is 3.17. The molecule has 1 N–H and O–H groups in total. The number of carboxylic acid groups (broad SMARTS) is 1. The summed E-state index contributed by atoms with van der Waals surface area (Å²) in [6.45, 7) is 2.29. The number of aromatic carboxylic acids is 1. The van der Waals surface area contributed by atoms with Crippen molar-refractivity contribution in [1.29, 1.82) is 0 Å². The average molecular weight is 361 g/mol. The minimum absolute atomic E-state index is 0.128. The highest BCUT2D eigenvalue weighted by molar-refractivity contribution is 6.00. The zero-order chi connectivity index (χ0) is 18.6. The molecule has 1 fully saturated rings. The molecule has 1 aliphatic rings. The first-order valence-corrected chi connectivity index (χ1v) is 8.83. The second-order valence-electron chi connectivity index (χ2n) is 6.23. The Kier molecular flexibility index (Phi) is 4.80. The van der Waals surface area contributed by atoms with Crippen LogP contribution < -0.4 is 4.90 Å². The van der Waals surface area contributed by atoms with Crippen LogP contribution in [0.1, 0.15) is 10.4 Å². The summed E-state index contributed by atoms with van der Waals surface area (Å²) in [5.74, 6) is -0.0746. The third-order valence-electron chi connectivity index (χ3n) is 4.49. The van der Waals surface area contributed by atoms with Crippen LogP contribution in [0, 0.1) is 0 Å². The predicted octanol–water partition coefficient (Wildman–Crippen LogP) is 3.35. The van der Waals surface area contributed by atoms with Crippen LogP contribution in [0.5, 0.6) is 0 Å². The molecule has 2 aromatic carbocycles. The molecule has 27 heavy (non-hydrogen) atoms. The van der Waals surface area contributed by atoms with E-state index in [0.29, 0.717) is 43.6 Å². The summed E-state index contributed by atoms with van der Waals surface area (Å²) in [7, 11) is 0. The number of ether oxygens (including phenoxy) is 1. The number of aromatic nitrogens is 2. The molecule has 0 amide bonds. The Morgan fingerprint density at radius 3 is 2.07 bits per heavy atom. The Balaban J connectivity index is 1.96. The largest absolute Gasteiger partial charge is 0.477 e. The Labute approximate surface area is 157 Å². The molecule has 6 nitrogen and oxygen atoms in total. The molecule has 0 radical (unpaired) electrons. The van der Waals surface area contributed by atoms with Crippen LogP contribution in [0.25, 0.3) is 22.6 Å². The van der Waals surface area contributed by atoms with Gasteiger partial charge >= 0.3 is 5.97 Å². The SMILES string of the molecule is O=C(O)c1c(-c2ccccc2)nc(-c2ccccc2)nc1N1CCOCC1. The average Bonchev–Trinajstić information content (AvgIpc) is 2.74. The summed E-state index contributed by atoms with van der Waals surface area (Å²) in [5, 5.41) is 9.96. The number of anilines is 1. The fourth-order valence-corrected chi connectivity index (χ4v) is 3.17. The zero-order valence-corrected chi connectivity index (χ0v) is 14.7. The van der Waals surface area contributed by atoms with Crippen LogP contribution in [0.2, 0.25) is 0 Å². The third kappa shape index (κ3) is 3.52. The number of nitrogens with zero attached hydrogens (tertiary/aromatic N) is 3. The number of hydrogen-bond acceptors (Lipinski definition) is 5. The molecular formula is C21H19N3O3. The maximum Gasteiger partial charge on any atom is 0.341 e. The highest BCUT2D eigenvalue weighted by Crippen LogP contribution is 2.32. The Morgan fingerprint density at radius 1 is 0.889 bits per heavy atom. The van der Waals surface area contributed by atoms with E-state index in [4.69, 9.17) is 4.74 Å². The topological polar surface area (TPSA) is 75.5 Å². The van der Waals surface area contributed by atoms with Crippen LogP contribution >= 0.6 is 0 Å². The van der Waals surface area contributed by atoms with Crippen molar-refractivity contribution in [2.75, 3.05) is 31.2 Å². The number of hydrogen-bond donors (Lipinski definition) is 1. The van der Waals surface area contributed by atoms with E-state index in [1.165, 1.54) is 0 Å². The highest BCUT2D eigenvalue weighted by atomic mass is 16.5. The van der Waals surface area contributed by atoms with Gasteiger partial charge in [-0.1, -0.05) is 60.7 Å². The predicted molar refractivity (Wildman–Crippen MR) is 103 cm³/mol. The van der Waals surface area contributed by atoms with Gasteiger partial charge in [0.1, 0.15) is 11.4 Å². The van der Waals surface area contributed by atoms with Gasteiger partial charge in [0.15, 0.2) is 5.82 Å². The summed E-state index contributed by atoms with van der Waals surface area (Å²) in [6.07, 6.45) is 0. The minimum atomic E-state index is -1.03. The summed E-state index contributed by atoms with van der Waals surface area (Å²) in [6, 6.07) is 19.0. The summed E-state index contributed by atoms with van der Waals surface area (Å²) < 4.78 is 5.42. The number of carboxylic acids is 1. The fraction of sp³-hybridized carbons (Fsp3) is 0.190. The lowest BCUT2D eigenvalue weighted by Gasteiger charge is -2.29. The van der Waals surface area contributed by atoms with Crippen molar-refractivity contribution in [1.82, 2.24) is 9.97 Å². The standard InChI is InChI=1S/C21H19N3O3/c25-21(26)17-18(15-7-3-1-4-8-15)22-19(16-9-5-2-6-10-16)23-20(17)24-11-13-27-14-12-24/h1-10H,11-14H2,(H,25,26). The van der Waals surface area contributed by atoms with Crippen molar-refractivity contribution >= 4 is 11.8 Å². The maximum atomic E-state index is 12.2. The monoisotopic (exact) mass is 361 g/mol. The first-order chi connectivity index (χ1) is 13.2. The lowest BCUT2D eigenvalue weighted by Crippen LogP contribution is -2.38. The summed E-state index contributed by atoms with van der Waals surface area (Å²) in [5.41, 5.74) is 2.16. The molecular weight excluding hydrogens is 342 g/mol. The van der Waals surface area contributed by atoms with Gasteiger partial charge < -0.3 is 14.7 Å². The van der Waals surface area contributed by atoms with Crippen LogP contribution in [-0.4, -0.2) is 47.3 Å². The van der Waals surface area contributed by atoms with Gasteiger partial charge in [-0.15, -0.1) is 0 Å². The van der Waals surface area contributed by atoms with Gasteiger partial charge in [0, 0.05) is 24.2 Å². The van der Waals surface area contributed by atoms with Gasteiger partial charge in [-0.05, 0) is 0 Å². The molecule has 0 spiro atoms. The summed E-state index contributed by atoms with van der Waals surface area (Å²) >= 11 is 0. The van der Waals surface area contributed by atoms with Crippen molar-refractivity contribution in [3.8, 4) is 22.6 Å². The lowest BCUT2D eigenvalue weighted by molar-refractivity contribution is 0.0696. The first kappa shape index (κ1) is 17.2. The van der Waals surface area contributed by atoms with Crippen molar-refractivity contribution < 1.29 is 14.6 Å². The molecule has 136 valence electrons. The molecule has 2 heterocycles. The van der Waals surface area contributed by atoms with E-state index in [-0.39, 0.29) is 5.56 Å². The molecule has 0 unspecified atom stereocenters. The third-order valence-corrected chi connectivity index (χ3v) is 4.49. The molecule has 0 atom stereocenters. The Hall–Kier alpha value is -3.25.